The molecular formula is C15H18Cl2N4O. The molecule has 0 fully saturated rings. The van der Waals surface area contributed by atoms with Gasteiger partial charge in [0, 0.05) is 36.0 Å². The molecule has 0 saturated heterocycles. The second-order valence-electron chi connectivity index (χ2n) is 5.24. The maximum atomic E-state index is 12.1. The number of hydrogen-bond acceptors (Lipinski definition) is 3. The Hall–Kier alpha value is -1.59. The Labute approximate surface area is 139 Å². The fraction of sp³-hybridized carbons (Fsp3) is 0.400. The molecule has 0 aliphatic rings. The summed E-state index contributed by atoms with van der Waals surface area (Å²) in [5.41, 5.74) is 0.919. The zero-order valence-electron chi connectivity index (χ0n) is 12.5. The lowest BCUT2D eigenvalue weighted by molar-refractivity contribution is -0.124. The van der Waals surface area contributed by atoms with Gasteiger partial charge in [0.25, 0.3) is 0 Å². The van der Waals surface area contributed by atoms with Crippen LogP contribution in [0.5, 0.6) is 0 Å². The van der Waals surface area contributed by atoms with Crippen molar-refractivity contribution < 1.29 is 4.79 Å². The Morgan fingerprint density at radius 1 is 1.41 bits per heavy atom. The molecule has 1 heterocycles. The molecule has 5 nitrogen and oxygen atoms in total. The number of aromatic nitrogens is 3. The zero-order valence-corrected chi connectivity index (χ0v) is 14.0. The number of hydrogen-bond donors (Lipinski definition) is 1. The number of amides is 1. The first-order valence-corrected chi connectivity index (χ1v) is 7.77. The highest BCUT2D eigenvalue weighted by Crippen LogP contribution is 2.23. The van der Waals surface area contributed by atoms with Gasteiger partial charge in [0.2, 0.25) is 5.91 Å². The smallest absolute Gasteiger partial charge is 0.223 e. The molecule has 0 saturated carbocycles. The highest BCUT2D eigenvalue weighted by Gasteiger charge is 2.15. The van der Waals surface area contributed by atoms with E-state index in [9.17, 15) is 4.79 Å². The van der Waals surface area contributed by atoms with E-state index in [4.69, 9.17) is 23.2 Å². The minimum Gasteiger partial charge on any atom is -0.355 e. The molecule has 0 aliphatic heterocycles. The maximum Gasteiger partial charge on any atom is 0.223 e. The quantitative estimate of drug-likeness (QED) is 0.879. The van der Waals surface area contributed by atoms with Gasteiger partial charge in [-0.2, -0.15) is 0 Å². The summed E-state index contributed by atoms with van der Waals surface area (Å²) in [5, 5.41) is 11.9. The van der Waals surface area contributed by atoms with E-state index in [2.05, 4.69) is 15.5 Å². The van der Waals surface area contributed by atoms with Crippen molar-refractivity contribution in [3.63, 3.8) is 0 Å². The first kappa shape index (κ1) is 16.8. The SMILES string of the molecule is C[C@H](Cc1ccc(Cl)cc1Cl)C(=O)NCCc1nncn1C. The van der Waals surface area contributed by atoms with Gasteiger partial charge in [0.1, 0.15) is 12.2 Å². The van der Waals surface area contributed by atoms with E-state index in [1.165, 1.54) is 0 Å². The number of nitrogens with zero attached hydrogens (tertiary/aromatic N) is 3. The van der Waals surface area contributed by atoms with Crippen LogP contribution >= 0.6 is 23.2 Å². The van der Waals surface area contributed by atoms with Gasteiger partial charge in [0.15, 0.2) is 0 Å². The highest BCUT2D eigenvalue weighted by molar-refractivity contribution is 6.35. The van der Waals surface area contributed by atoms with Gasteiger partial charge in [-0.15, -0.1) is 10.2 Å². The summed E-state index contributed by atoms with van der Waals surface area (Å²) < 4.78 is 1.84. The Morgan fingerprint density at radius 3 is 2.82 bits per heavy atom. The van der Waals surface area contributed by atoms with Crippen molar-refractivity contribution in [2.45, 2.75) is 19.8 Å². The first-order valence-electron chi connectivity index (χ1n) is 7.02. The minimum absolute atomic E-state index is 0.00631. The lowest BCUT2D eigenvalue weighted by atomic mass is 10.0. The van der Waals surface area contributed by atoms with Gasteiger partial charge in [-0.25, -0.2) is 0 Å². The molecule has 22 heavy (non-hydrogen) atoms. The van der Waals surface area contributed by atoms with Crippen molar-refractivity contribution in [3.8, 4) is 0 Å². The summed E-state index contributed by atoms with van der Waals surface area (Å²) in [6.07, 6.45) is 2.87. The minimum atomic E-state index is -0.168. The van der Waals surface area contributed by atoms with Crippen LogP contribution in [-0.2, 0) is 24.7 Å². The molecule has 0 spiro atoms. The topological polar surface area (TPSA) is 59.8 Å². The van der Waals surface area contributed by atoms with Gasteiger partial charge in [-0.1, -0.05) is 36.2 Å². The summed E-state index contributed by atoms with van der Waals surface area (Å²) in [5.74, 6) is 0.667. The van der Waals surface area contributed by atoms with Crippen molar-refractivity contribution in [1.82, 2.24) is 20.1 Å². The molecule has 0 bridgehead atoms. The number of halogens is 2. The van der Waals surface area contributed by atoms with Crippen LogP contribution in [0.3, 0.4) is 0 Å². The molecule has 1 atom stereocenters. The van der Waals surface area contributed by atoms with E-state index in [1.807, 2.05) is 24.6 Å². The third-order valence-electron chi connectivity index (χ3n) is 3.44. The van der Waals surface area contributed by atoms with E-state index in [0.717, 1.165) is 11.4 Å². The van der Waals surface area contributed by atoms with Crippen LogP contribution in [0.1, 0.15) is 18.3 Å². The second kappa shape index (κ2) is 7.61. The van der Waals surface area contributed by atoms with Crippen LogP contribution in [0, 0.1) is 5.92 Å². The molecule has 1 N–H and O–H groups in total. The molecule has 0 aliphatic carbocycles. The molecule has 0 radical (unpaired) electrons. The number of aryl methyl sites for hydroxylation is 1. The van der Waals surface area contributed by atoms with Crippen molar-refractivity contribution >= 4 is 29.1 Å². The molecule has 7 heteroatoms. The summed E-state index contributed by atoms with van der Waals surface area (Å²) in [6.45, 7) is 2.41. The van der Waals surface area contributed by atoms with Crippen molar-refractivity contribution in [3.05, 3.63) is 46.0 Å². The monoisotopic (exact) mass is 340 g/mol. The van der Waals surface area contributed by atoms with Crippen molar-refractivity contribution in [2.24, 2.45) is 13.0 Å². The molecule has 2 rings (SSSR count). The van der Waals surface area contributed by atoms with Crippen LogP contribution in [0.25, 0.3) is 0 Å². The normalized spacial score (nSPS) is 12.2. The molecule has 1 amide bonds. The first-order chi connectivity index (χ1) is 10.5. The van der Waals surface area contributed by atoms with E-state index < -0.39 is 0 Å². The number of carbonyl (C=O) groups is 1. The Bertz CT molecular complexity index is 657. The van der Waals surface area contributed by atoms with Crippen molar-refractivity contribution in [2.75, 3.05) is 6.54 Å². The van der Waals surface area contributed by atoms with E-state index in [-0.39, 0.29) is 11.8 Å². The van der Waals surface area contributed by atoms with Gasteiger partial charge in [0.05, 0.1) is 0 Å². The fourth-order valence-electron chi connectivity index (χ4n) is 2.11. The molecular weight excluding hydrogens is 323 g/mol. The molecule has 1 aromatic carbocycles. The van der Waals surface area contributed by atoms with E-state index >= 15 is 0 Å². The fourth-order valence-corrected chi connectivity index (χ4v) is 2.60. The molecule has 118 valence electrons. The van der Waals surface area contributed by atoms with E-state index in [0.29, 0.717) is 29.4 Å². The van der Waals surface area contributed by atoms with Crippen LogP contribution in [0.15, 0.2) is 24.5 Å². The number of rotatable bonds is 6. The molecule has 2 aromatic rings. The second-order valence-corrected chi connectivity index (χ2v) is 6.08. The summed E-state index contributed by atoms with van der Waals surface area (Å²) in [7, 11) is 1.88. The Balaban J connectivity index is 1.83. The average molecular weight is 341 g/mol. The number of carbonyl (C=O) groups excluding carboxylic acids is 1. The van der Waals surface area contributed by atoms with E-state index in [1.54, 1.807) is 18.5 Å². The van der Waals surface area contributed by atoms with Crippen LogP contribution in [-0.4, -0.2) is 27.2 Å². The zero-order chi connectivity index (χ0) is 16.1. The third-order valence-corrected chi connectivity index (χ3v) is 4.03. The largest absolute Gasteiger partial charge is 0.355 e. The van der Waals surface area contributed by atoms with Crippen molar-refractivity contribution in [1.29, 1.82) is 0 Å². The Kier molecular flexibility index (Phi) is 5.80. The van der Waals surface area contributed by atoms with Crippen LogP contribution in [0.2, 0.25) is 10.0 Å². The van der Waals surface area contributed by atoms with Gasteiger partial charge >= 0.3 is 0 Å². The summed E-state index contributed by atoms with van der Waals surface area (Å²) in [6, 6.07) is 5.33. The lowest BCUT2D eigenvalue weighted by Gasteiger charge is -2.13. The molecule has 1 aromatic heterocycles. The average Bonchev–Trinajstić information content (AvgIpc) is 2.87. The standard InChI is InChI=1S/C15H18Cl2N4O/c1-10(7-11-3-4-12(16)8-13(11)17)15(22)18-6-5-14-20-19-9-21(14)2/h3-4,8-10H,5-7H2,1-2H3,(H,18,22)/t10-/m1/s1. The predicted octanol–water partition coefficient (Wildman–Crippen LogP) is 2.66. The van der Waals surface area contributed by atoms with Crippen LogP contribution < -0.4 is 5.32 Å². The lowest BCUT2D eigenvalue weighted by Crippen LogP contribution is -2.32. The maximum absolute atomic E-state index is 12.1. The summed E-state index contributed by atoms with van der Waals surface area (Å²) >= 11 is 12.0. The summed E-state index contributed by atoms with van der Waals surface area (Å²) in [4.78, 5) is 12.1. The van der Waals surface area contributed by atoms with Crippen LogP contribution in [0.4, 0.5) is 0 Å². The van der Waals surface area contributed by atoms with Gasteiger partial charge in [-0.05, 0) is 24.1 Å². The number of benzene rings is 1. The highest BCUT2D eigenvalue weighted by atomic mass is 35.5. The third kappa shape index (κ3) is 4.45. The van der Waals surface area contributed by atoms with Gasteiger partial charge in [-0.3, -0.25) is 4.79 Å². The molecule has 0 unspecified atom stereocenters. The number of nitrogens with one attached hydrogen (secondary N) is 1. The Morgan fingerprint density at radius 2 is 2.18 bits per heavy atom. The predicted molar refractivity (Wildman–Crippen MR) is 87.0 cm³/mol. The van der Waals surface area contributed by atoms with Gasteiger partial charge < -0.3 is 9.88 Å².